The van der Waals surface area contributed by atoms with E-state index in [0.717, 1.165) is 32.0 Å². The van der Waals surface area contributed by atoms with E-state index in [4.69, 9.17) is 10.5 Å². The van der Waals surface area contributed by atoms with Gasteiger partial charge in [0.2, 0.25) is 0 Å². The first-order valence-electron chi connectivity index (χ1n) is 6.96. The molecule has 0 amide bonds. The van der Waals surface area contributed by atoms with Gasteiger partial charge in [-0.1, -0.05) is 12.1 Å². The van der Waals surface area contributed by atoms with Crippen LogP contribution < -0.4 is 10.5 Å². The number of piperidine rings is 1. The minimum atomic E-state index is 0.675. The zero-order valence-electron chi connectivity index (χ0n) is 11.3. The lowest BCUT2D eigenvalue weighted by molar-refractivity contribution is 0.171. The molecule has 18 heavy (non-hydrogen) atoms. The Bertz CT molecular complexity index is 367. The molecule has 0 bridgehead atoms. The van der Waals surface area contributed by atoms with Crippen molar-refractivity contribution in [1.29, 1.82) is 0 Å². The molecule has 100 valence electrons. The maximum Gasteiger partial charge on any atom is 0.119 e. The highest BCUT2D eigenvalue weighted by Crippen LogP contribution is 2.19. The van der Waals surface area contributed by atoms with E-state index in [1.165, 1.54) is 24.9 Å². The van der Waals surface area contributed by atoms with Crippen molar-refractivity contribution >= 4 is 0 Å². The molecule has 3 nitrogen and oxygen atoms in total. The Labute approximate surface area is 110 Å². The second-order valence-corrected chi connectivity index (χ2v) is 5.06. The maximum atomic E-state index is 5.78. The van der Waals surface area contributed by atoms with E-state index in [1.807, 2.05) is 13.0 Å². The molecule has 0 radical (unpaired) electrons. The van der Waals surface area contributed by atoms with Crippen molar-refractivity contribution < 1.29 is 4.74 Å². The van der Waals surface area contributed by atoms with Gasteiger partial charge in [-0.25, -0.2) is 0 Å². The molecule has 1 aromatic carbocycles. The number of nitrogens with zero attached hydrogens (tertiary/aromatic N) is 1. The summed E-state index contributed by atoms with van der Waals surface area (Å²) < 4.78 is 5.54. The average molecular weight is 248 g/mol. The first kappa shape index (κ1) is 13.4. The monoisotopic (exact) mass is 248 g/mol. The standard InChI is InChI=1S/C15H24N2O/c1-2-18-15-7-3-5-13(9-15)11-17-8-4-6-14(10-16)12-17/h3,5,7,9,14H,2,4,6,8,10-12,16H2,1H3. The maximum absolute atomic E-state index is 5.78. The molecule has 3 heteroatoms. The van der Waals surface area contributed by atoms with Crippen molar-refractivity contribution in [3.8, 4) is 5.75 Å². The molecule has 1 heterocycles. The third-order valence-electron chi connectivity index (χ3n) is 3.55. The van der Waals surface area contributed by atoms with Crippen LogP contribution in [-0.4, -0.2) is 31.1 Å². The predicted molar refractivity (Wildman–Crippen MR) is 74.7 cm³/mol. The van der Waals surface area contributed by atoms with Gasteiger partial charge >= 0.3 is 0 Å². The largest absolute Gasteiger partial charge is 0.494 e. The minimum Gasteiger partial charge on any atom is -0.494 e. The van der Waals surface area contributed by atoms with Gasteiger partial charge in [0.25, 0.3) is 0 Å². The normalized spacial score (nSPS) is 20.9. The lowest BCUT2D eigenvalue weighted by Crippen LogP contribution is -2.37. The third-order valence-corrected chi connectivity index (χ3v) is 3.55. The number of rotatable bonds is 5. The van der Waals surface area contributed by atoms with Crippen LogP contribution in [0.25, 0.3) is 0 Å². The van der Waals surface area contributed by atoms with Gasteiger partial charge < -0.3 is 10.5 Å². The van der Waals surface area contributed by atoms with Gasteiger partial charge in [0.05, 0.1) is 6.61 Å². The molecule has 1 aromatic rings. The molecule has 0 aromatic heterocycles. The first-order chi connectivity index (χ1) is 8.81. The summed E-state index contributed by atoms with van der Waals surface area (Å²) in [5.41, 5.74) is 7.11. The van der Waals surface area contributed by atoms with E-state index in [2.05, 4.69) is 23.1 Å². The van der Waals surface area contributed by atoms with Gasteiger partial charge in [0, 0.05) is 13.1 Å². The zero-order chi connectivity index (χ0) is 12.8. The summed E-state index contributed by atoms with van der Waals surface area (Å²) in [5, 5.41) is 0. The summed E-state index contributed by atoms with van der Waals surface area (Å²) in [6, 6.07) is 8.42. The Morgan fingerprint density at radius 1 is 1.44 bits per heavy atom. The number of hydrogen-bond donors (Lipinski definition) is 1. The molecule has 1 saturated heterocycles. The number of likely N-dealkylation sites (tertiary alicyclic amines) is 1. The summed E-state index contributed by atoms with van der Waals surface area (Å²) in [6.07, 6.45) is 2.55. The van der Waals surface area contributed by atoms with E-state index in [-0.39, 0.29) is 0 Å². The highest BCUT2D eigenvalue weighted by molar-refractivity contribution is 5.28. The molecule has 2 N–H and O–H groups in total. The van der Waals surface area contributed by atoms with Gasteiger partial charge in [0.1, 0.15) is 5.75 Å². The molecular formula is C15H24N2O. The van der Waals surface area contributed by atoms with Crippen LogP contribution in [-0.2, 0) is 6.54 Å². The molecule has 2 rings (SSSR count). The Morgan fingerprint density at radius 3 is 3.11 bits per heavy atom. The highest BCUT2D eigenvalue weighted by Gasteiger charge is 2.18. The van der Waals surface area contributed by atoms with Crippen LogP contribution in [0.1, 0.15) is 25.3 Å². The summed E-state index contributed by atoms with van der Waals surface area (Å²) in [7, 11) is 0. The van der Waals surface area contributed by atoms with Crippen LogP contribution in [0.5, 0.6) is 5.75 Å². The van der Waals surface area contributed by atoms with Crippen LogP contribution in [0, 0.1) is 5.92 Å². The van der Waals surface area contributed by atoms with Crippen molar-refractivity contribution in [2.24, 2.45) is 11.7 Å². The Morgan fingerprint density at radius 2 is 2.33 bits per heavy atom. The molecular weight excluding hydrogens is 224 g/mol. The fourth-order valence-corrected chi connectivity index (χ4v) is 2.65. The van der Waals surface area contributed by atoms with Crippen molar-refractivity contribution in [2.45, 2.75) is 26.3 Å². The molecule has 1 aliphatic rings. The first-order valence-corrected chi connectivity index (χ1v) is 6.96. The van der Waals surface area contributed by atoms with Crippen molar-refractivity contribution in [1.82, 2.24) is 4.90 Å². The van der Waals surface area contributed by atoms with Gasteiger partial charge in [-0.15, -0.1) is 0 Å². The molecule has 0 spiro atoms. The predicted octanol–water partition coefficient (Wildman–Crippen LogP) is 2.26. The van der Waals surface area contributed by atoms with Gasteiger partial charge in [-0.2, -0.15) is 0 Å². The second kappa shape index (κ2) is 6.76. The lowest BCUT2D eigenvalue weighted by atomic mass is 9.98. The summed E-state index contributed by atoms with van der Waals surface area (Å²) in [4.78, 5) is 2.51. The van der Waals surface area contributed by atoms with Crippen molar-refractivity contribution in [3.05, 3.63) is 29.8 Å². The summed E-state index contributed by atoms with van der Waals surface area (Å²) >= 11 is 0. The summed E-state index contributed by atoms with van der Waals surface area (Å²) in [5.74, 6) is 1.65. The van der Waals surface area contributed by atoms with E-state index in [9.17, 15) is 0 Å². The van der Waals surface area contributed by atoms with Gasteiger partial charge in [0.15, 0.2) is 0 Å². The minimum absolute atomic E-state index is 0.675. The molecule has 1 aliphatic heterocycles. The molecule has 0 aliphatic carbocycles. The zero-order valence-corrected chi connectivity index (χ0v) is 11.3. The Hall–Kier alpha value is -1.06. The van der Waals surface area contributed by atoms with Crippen LogP contribution in [0.15, 0.2) is 24.3 Å². The second-order valence-electron chi connectivity index (χ2n) is 5.06. The smallest absolute Gasteiger partial charge is 0.119 e. The topological polar surface area (TPSA) is 38.5 Å². The lowest BCUT2D eigenvalue weighted by Gasteiger charge is -2.32. The number of hydrogen-bond acceptors (Lipinski definition) is 3. The quantitative estimate of drug-likeness (QED) is 0.868. The van der Waals surface area contributed by atoms with Crippen LogP contribution >= 0.6 is 0 Å². The van der Waals surface area contributed by atoms with E-state index in [1.54, 1.807) is 0 Å². The molecule has 1 atom stereocenters. The average Bonchev–Trinajstić information content (AvgIpc) is 2.40. The van der Waals surface area contributed by atoms with Crippen LogP contribution in [0.2, 0.25) is 0 Å². The van der Waals surface area contributed by atoms with E-state index >= 15 is 0 Å². The molecule has 0 saturated carbocycles. The van der Waals surface area contributed by atoms with Crippen molar-refractivity contribution in [3.63, 3.8) is 0 Å². The summed E-state index contributed by atoms with van der Waals surface area (Å²) in [6.45, 7) is 6.89. The third kappa shape index (κ3) is 3.72. The molecule has 1 unspecified atom stereocenters. The fraction of sp³-hybridized carbons (Fsp3) is 0.600. The number of nitrogens with two attached hydrogens (primary N) is 1. The van der Waals surface area contributed by atoms with E-state index in [0.29, 0.717) is 5.92 Å². The van der Waals surface area contributed by atoms with Gasteiger partial charge in [-0.05, 0) is 56.5 Å². The van der Waals surface area contributed by atoms with Gasteiger partial charge in [-0.3, -0.25) is 4.90 Å². The SMILES string of the molecule is CCOc1cccc(CN2CCCC(CN)C2)c1. The van der Waals surface area contributed by atoms with E-state index < -0.39 is 0 Å². The van der Waals surface area contributed by atoms with Crippen molar-refractivity contribution in [2.75, 3.05) is 26.2 Å². The fourth-order valence-electron chi connectivity index (χ4n) is 2.65. The number of ether oxygens (including phenoxy) is 1. The highest BCUT2D eigenvalue weighted by atomic mass is 16.5. The Kier molecular flexibility index (Phi) is 5.02. The van der Waals surface area contributed by atoms with Crippen LogP contribution in [0.3, 0.4) is 0 Å². The Balaban J connectivity index is 1.93. The van der Waals surface area contributed by atoms with Crippen LogP contribution in [0.4, 0.5) is 0 Å². The number of benzene rings is 1. The molecule has 1 fully saturated rings.